The number of aromatic nitrogens is 1. The Morgan fingerprint density at radius 1 is 1.58 bits per heavy atom. The van der Waals surface area contributed by atoms with Crippen molar-refractivity contribution in [2.45, 2.75) is 11.3 Å². The van der Waals surface area contributed by atoms with Crippen LogP contribution in [0.2, 0.25) is 0 Å². The van der Waals surface area contributed by atoms with Gasteiger partial charge in [-0.2, -0.15) is 0 Å². The molecule has 1 aliphatic heterocycles. The van der Waals surface area contributed by atoms with Crippen LogP contribution in [0.15, 0.2) is 17.3 Å². The molecule has 0 radical (unpaired) electrons. The largest absolute Gasteiger partial charge is 0.355 e. The highest BCUT2D eigenvalue weighted by Crippen LogP contribution is 2.24. The molecular formula is C8H10N2OS. The van der Waals surface area contributed by atoms with E-state index in [1.54, 1.807) is 11.9 Å². The van der Waals surface area contributed by atoms with E-state index in [0.29, 0.717) is 6.42 Å². The van der Waals surface area contributed by atoms with Crippen molar-refractivity contribution >= 4 is 17.7 Å². The number of nitrogens with zero attached hydrogens (tertiary/aromatic N) is 1. The highest BCUT2D eigenvalue weighted by atomic mass is 32.2. The molecule has 0 fully saturated rings. The predicted octanol–water partition coefficient (Wildman–Crippen LogP) is 1.21. The van der Waals surface area contributed by atoms with E-state index >= 15 is 0 Å². The molecule has 12 heavy (non-hydrogen) atoms. The second-order valence-corrected chi connectivity index (χ2v) is 3.80. The van der Waals surface area contributed by atoms with Crippen LogP contribution in [0.4, 0.5) is 0 Å². The van der Waals surface area contributed by atoms with Crippen molar-refractivity contribution in [2.75, 3.05) is 6.54 Å². The SMILES string of the molecule is Cn1cc2c(c1)C(=O)CCNS2. The highest BCUT2D eigenvalue weighted by Gasteiger charge is 2.16. The summed E-state index contributed by atoms with van der Waals surface area (Å²) in [7, 11) is 1.93. The fourth-order valence-corrected chi connectivity index (χ4v) is 2.13. The van der Waals surface area contributed by atoms with Crippen LogP contribution in [0.1, 0.15) is 16.8 Å². The maximum absolute atomic E-state index is 11.5. The summed E-state index contributed by atoms with van der Waals surface area (Å²) in [4.78, 5) is 12.5. The van der Waals surface area contributed by atoms with Gasteiger partial charge in [0.1, 0.15) is 0 Å². The third-order valence-electron chi connectivity index (χ3n) is 1.86. The lowest BCUT2D eigenvalue weighted by Gasteiger charge is -1.94. The zero-order valence-corrected chi connectivity index (χ0v) is 7.65. The molecule has 0 bridgehead atoms. The molecule has 1 aromatic heterocycles. The van der Waals surface area contributed by atoms with Crippen LogP contribution in [-0.2, 0) is 7.05 Å². The topological polar surface area (TPSA) is 34.0 Å². The van der Waals surface area contributed by atoms with Crippen molar-refractivity contribution in [1.29, 1.82) is 0 Å². The van der Waals surface area contributed by atoms with E-state index in [4.69, 9.17) is 0 Å². The number of fused-ring (bicyclic) bond motifs is 1. The molecule has 1 aromatic rings. The van der Waals surface area contributed by atoms with Crippen molar-refractivity contribution in [1.82, 2.24) is 9.29 Å². The van der Waals surface area contributed by atoms with Gasteiger partial charge >= 0.3 is 0 Å². The predicted molar refractivity (Wildman–Crippen MR) is 48.2 cm³/mol. The molecule has 0 aromatic carbocycles. The van der Waals surface area contributed by atoms with Gasteiger partial charge in [-0.15, -0.1) is 0 Å². The van der Waals surface area contributed by atoms with Gasteiger partial charge in [-0.3, -0.25) is 9.52 Å². The van der Waals surface area contributed by atoms with Crippen molar-refractivity contribution < 1.29 is 4.79 Å². The second kappa shape index (κ2) is 2.95. The van der Waals surface area contributed by atoms with Crippen LogP contribution in [0, 0.1) is 0 Å². The molecule has 4 heteroatoms. The first kappa shape index (κ1) is 7.89. The van der Waals surface area contributed by atoms with E-state index in [1.807, 2.05) is 24.0 Å². The van der Waals surface area contributed by atoms with Crippen LogP contribution in [-0.4, -0.2) is 16.9 Å². The minimum absolute atomic E-state index is 0.239. The van der Waals surface area contributed by atoms with Gasteiger partial charge in [0.05, 0.1) is 10.5 Å². The summed E-state index contributed by atoms with van der Waals surface area (Å²) in [5, 5.41) is 0. The third-order valence-corrected chi connectivity index (χ3v) is 2.75. The Balaban J connectivity index is 2.44. The van der Waals surface area contributed by atoms with Gasteiger partial charge < -0.3 is 4.57 Å². The van der Waals surface area contributed by atoms with Gasteiger partial charge in [-0.25, -0.2) is 0 Å². The molecule has 1 aliphatic rings. The Morgan fingerprint density at radius 2 is 2.42 bits per heavy atom. The third kappa shape index (κ3) is 1.28. The van der Waals surface area contributed by atoms with Crippen molar-refractivity contribution in [2.24, 2.45) is 7.05 Å². The van der Waals surface area contributed by atoms with Crippen LogP contribution in [0.25, 0.3) is 0 Å². The van der Waals surface area contributed by atoms with Crippen LogP contribution in [0.5, 0.6) is 0 Å². The monoisotopic (exact) mass is 182 g/mol. The minimum atomic E-state index is 0.239. The standard InChI is InChI=1S/C8H10N2OS/c1-10-4-6-7(11)2-3-9-12-8(6)5-10/h4-5,9H,2-3H2,1H3. The molecule has 0 saturated heterocycles. The summed E-state index contributed by atoms with van der Waals surface area (Å²) in [6.45, 7) is 0.766. The van der Waals surface area contributed by atoms with Crippen LogP contribution < -0.4 is 4.72 Å². The Hall–Kier alpha value is -0.740. The summed E-state index contributed by atoms with van der Waals surface area (Å²) in [5.74, 6) is 0.239. The summed E-state index contributed by atoms with van der Waals surface area (Å²) in [5.41, 5.74) is 0.854. The summed E-state index contributed by atoms with van der Waals surface area (Å²) in [6.07, 6.45) is 4.46. The number of Topliss-reactive ketones (excluding diaryl/α,β-unsaturated/α-hetero) is 1. The molecular weight excluding hydrogens is 172 g/mol. The summed E-state index contributed by atoms with van der Waals surface area (Å²) in [6, 6.07) is 0. The molecule has 2 rings (SSSR count). The molecule has 1 N–H and O–H groups in total. The zero-order valence-electron chi connectivity index (χ0n) is 6.83. The molecule has 0 amide bonds. The lowest BCUT2D eigenvalue weighted by molar-refractivity contribution is 0.0983. The maximum atomic E-state index is 11.5. The number of nitrogens with one attached hydrogen (secondary N) is 1. The average Bonchev–Trinajstić information content (AvgIpc) is 2.33. The minimum Gasteiger partial charge on any atom is -0.355 e. The van der Waals surface area contributed by atoms with Crippen molar-refractivity contribution in [3.63, 3.8) is 0 Å². The van der Waals surface area contributed by atoms with Gasteiger partial charge in [-0.05, 0) is 11.9 Å². The van der Waals surface area contributed by atoms with Gasteiger partial charge in [0.25, 0.3) is 0 Å². The van der Waals surface area contributed by atoms with Crippen molar-refractivity contribution in [3.05, 3.63) is 18.0 Å². The molecule has 64 valence electrons. The number of rotatable bonds is 0. The molecule has 0 atom stereocenters. The van der Waals surface area contributed by atoms with E-state index in [-0.39, 0.29) is 5.78 Å². The number of carbonyl (C=O) groups is 1. The van der Waals surface area contributed by atoms with E-state index in [1.165, 1.54) is 0 Å². The number of aryl methyl sites for hydroxylation is 1. The Kier molecular flexibility index (Phi) is 1.94. The van der Waals surface area contributed by atoms with E-state index in [9.17, 15) is 4.79 Å². The fraction of sp³-hybridized carbons (Fsp3) is 0.375. The van der Waals surface area contributed by atoms with Gasteiger partial charge in [0, 0.05) is 32.4 Å². The molecule has 3 nitrogen and oxygen atoms in total. The number of hydrogen-bond donors (Lipinski definition) is 1. The lowest BCUT2D eigenvalue weighted by Crippen LogP contribution is -2.06. The first-order chi connectivity index (χ1) is 5.77. The molecule has 2 heterocycles. The first-order valence-corrected chi connectivity index (χ1v) is 4.68. The fourth-order valence-electron chi connectivity index (χ4n) is 1.28. The van der Waals surface area contributed by atoms with E-state index in [2.05, 4.69) is 4.72 Å². The number of carbonyl (C=O) groups excluding carboxylic acids is 1. The first-order valence-electron chi connectivity index (χ1n) is 3.86. The van der Waals surface area contributed by atoms with Gasteiger partial charge in [-0.1, -0.05) is 0 Å². The highest BCUT2D eigenvalue weighted by molar-refractivity contribution is 7.97. The smallest absolute Gasteiger partial charge is 0.166 e. The van der Waals surface area contributed by atoms with Gasteiger partial charge in [0.2, 0.25) is 0 Å². The van der Waals surface area contributed by atoms with E-state index < -0.39 is 0 Å². The normalized spacial score (nSPS) is 17.2. The Bertz CT molecular complexity index is 319. The summed E-state index contributed by atoms with van der Waals surface area (Å²) >= 11 is 1.54. The second-order valence-electron chi connectivity index (χ2n) is 2.87. The number of ketones is 1. The lowest BCUT2D eigenvalue weighted by atomic mass is 10.2. The molecule has 0 unspecified atom stereocenters. The van der Waals surface area contributed by atoms with Gasteiger partial charge in [0.15, 0.2) is 5.78 Å². The quantitative estimate of drug-likeness (QED) is 0.612. The molecule has 0 aliphatic carbocycles. The zero-order chi connectivity index (χ0) is 8.55. The summed E-state index contributed by atoms with van der Waals surface area (Å²) < 4.78 is 5.05. The Labute approximate surface area is 75.3 Å². The van der Waals surface area contributed by atoms with Crippen molar-refractivity contribution in [3.8, 4) is 0 Å². The molecule has 0 spiro atoms. The van der Waals surface area contributed by atoms with Crippen LogP contribution >= 0.6 is 11.9 Å². The Morgan fingerprint density at radius 3 is 3.25 bits per heavy atom. The average molecular weight is 182 g/mol. The number of hydrogen-bond acceptors (Lipinski definition) is 3. The van der Waals surface area contributed by atoms with Crippen LogP contribution in [0.3, 0.4) is 0 Å². The maximum Gasteiger partial charge on any atom is 0.166 e. The van der Waals surface area contributed by atoms with E-state index in [0.717, 1.165) is 17.0 Å². The molecule has 0 saturated carbocycles.